The second-order valence-corrected chi connectivity index (χ2v) is 14.2. The van der Waals surface area contributed by atoms with E-state index in [0.717, 1.165) is 25.8 Å². The smallest absolute Gasteiger partial charge is 0.351 e. The number of aromatic nitrogens is 2. The predicted octanol–water partition coefficient (Wildman–Crippen LogP) is 5.60. The van der Waals surface area contributed by atoms with E-state index >= 15 is 0 Å². The van der Waals surface area contributed by atoms with E-state index in [-0.39, 0.29) is 28.7 Å². The van der Waals surface area contributed by atoms with E-state index in [1.54, 1.807) is 36.5 Å². The molecule has 2 saturated heterocycles. The van der Waals surface area contributed by atoms with Gasteiger partial charge in [0.25, 0.3) is 5.91 Å². The summed E-state index contributed by atoms with van der Waals surface area (Å²) in [5.41, 5.74) is 1.30. The van der Waals surface area contributed by atoms with Gasteiger partial charge < -0.3 is 14.6 Å². The molecule has 1 amide bonds. The molecular weight excluding hydrogens is 507 g/mol. The first kappa shape index (κ1) is 26.6. The maximum Gasteiger partial charge on any atom is 0.351 e. The number of hydrogen-bond donors (Lipinski definition) is 1. The first-order valence-corrected chi connectivity index (χ1v) is 15.6. The van der Waals surface area contributed by atoms with Crippen LogP contribution in [0.2, 0.25) is 0 Å². The highest BCUT2D eigenvalue weighted by Crippen LogP contribution is 2.71. The van der Waals surface area contributed by atoms with Crippen molar-refractivity contribution < 1.29 is 14.1 Å². The zero-order valence-corrected chi connectivity index (χ0v) is 23.3. The van der Waals surface area contributed by atoms with Gasteiger partial charge in [-0.3, -0.25) is 9.36 Å². The lowest BCUT2D eigenvalue weighted by Gasteiger charge is -2.39. The molecule has 0 unspecified atom stereocenters. The van der Waals surface area contributed by atoms with Gasteiger partial charge in [0.15, 0.2) is 13.7 Å². The highest BCUT2D eigenvalue weighted by Gasteiger charge is 2.52. The third-order valence-electron chi connectivity index (χ3n) is 7.60. The SMILES string of the molecule is C=C(C)[C@H]1CC[C@@]2(C)S[P@@](N3C[C@@H](CC)O[C@@H](n4ccc(NC(=O)c5ccccc5)nc4=O)C3)O[C@@H]2C1. The van der Waals surface area contributed by atoms with Crippen molar-refractivity contribution in [2.75, 3.05) is 18.4 Å². The molecular formula is C27H35N4O4PS. The third kappa shape index (κ3) is 5.71. The van der Waals surface area contributed by atoms with E-state index in [0.29, 0.717) is 18.0 Å². The van der Waals surface area contributed by atoms with E-state index in [4.69, 9.17) is 9.26 Å². The Morgan fingerprint density at radius 2 is 2.08 bits per heavy atom. The molecule has 1 saturated carbocycles. The van der Waals surface area contributed by atoms with Crippen molar-refractivity contribution >= 4 is 30.6 Å². The molecule has 1 aliphatic carbocycles. The topological polar surface area (TPSA) is 85.7 Å². The average Bonchev–Trinajstić information content (AvgIpc) is 3.25. The molecule has 198 valence electrons. The molecule has 1 aromatic heterocycles. The van der Waals surface area contributed by atoms with Crippen molar-refractivity contribution in [1.29, 1.82) is 0 Å². The monoisotopic (exact) mass is 542 g/mol. The second kappa shape index (κ2) is 11.0. The number of nitrogens with zero attached hydrogens (tertiary/aromatic N) is 3. The Balaban J connectivity index is 1.29. The number of carbonyl (C=O) groups excluding carboxylic acids is 1. The zero-order chi connectivity index (χ0) is 26.2. The number of ether oxygens (including phenoxy) is 1. The van der Waals surface area contributed by atoms with Crippen LogP contribution in [0.25, 0.3) is 0 Å². The van der Waals surface area contributed by atoms with Crippen LogP contribution in [0.3, 0.4) is 0 Å². The summed E-state index contributed by atoms with van der Waals surface area (Å²) >= 11 is 1.97. The van der Waals surface area contributed by atoms with Crippen molar-refractivity contribution in [3.63, 3.8) is 0 Å². The lowest BCUT2D eigenvalue weighted by Crippen LogP contribution is -2.45. The van der Waals surface area contributed by atoms with Gasteiger partial charge in [-0.25, -0.2) is 9.46 Å². The maximum atomic E-state index is 13.0. The maximum absolute atomic E-state index is 13.0. The highest BCUT2D eigenvalue weighted by molar-refractivity contribution is 8.54. The summed E-state index contributed by atoms with van der Waals surface area (Å²) in [6, 6.07) is 10.5. The van der Waals surface area contributed by atoms with E-state index in [9.17, 15) is 9.59 Å². The van der Waals surface area contributed by atoms with Crippen LogP contribution in [0, 0.1) is 5.92 Å². The standard InChI is InChI=1S/C27H35N4O4PS/c1-5-21-16-30(36-35-22-15-20(18(2)3)11-13-27(22,4)37-36)17-24(34-21)31-14-12-23(29-26(31)33)28-25(32)19-9-7-6-8-10-19/h6-10,12,14,20-22,24H,2,5,11,13,15-17H2,1,3-4H3,(H,28,29,32,33)/t20-,21+,22+,24+,27+,36-/m0/s1. The van der Waals surface area contributed by atoms with Gasteiger partial charge in [0.2, 0.25) is 0 Å². The van der Waals surface area contributed by atoms with Crippen LogP contribution in [-0.2, 0) is 9.26 Å². The Hall–Kier alpha value is -2.03. The van der Waals surface area contributed by atoms with Gasteiger partial charge in [-0.05, 0) is 63.6 Å². The second-order valence-electron chi connectivity index (χ2n) is 10.4. The van der Waals surface area contributed by atoms with E-state index in [1.165, 1.54) is 16.6 Å². The number of rotatable bonds is 6. The van der Waals surface area contributed by atoms with Crippen molar-refractivity contribution in [1.82, 2.24) is 14.2 Å². The molecule has 8 nitrogen and oxygen atoms in total. The van der Waals surface area contributed by atoms with E-state index in [1.807, 2.05) is 17.4 Å². The third-order valence-corrected chi connectivity index (χ3v) is 12.5. The molecule has 0 radical (unpaired) electrons. The Labute approximate surface area is 223 Å². The first-order valence-electron chi connectivity index (χ1n) is 12.9. The van der Waals surface area contributed by atoms with Crippen molar-refractivity contribution in [2.45, 2.75) is 69.6 Å². The van der Waals surface area contributed by atoms with Gasteiger partial charge in [0.1, 0.15) is 5.82 Å². The molecule has 1 aromatic carbocycles. The van der Waals surface area contributed by atoms with Gasteiger partial charge in [-0.1, -0.05) is 48.7 Å². The summed E-state index contributed by atoms with van der Waals surface area (Å²) in [7, 11) is -0.856. The molecule has 3 fully saturated rings. The number of allylic oxidation sites excluding steroid dienone is 1. The minimum absolute atomic E-state index is 0.00610. The fourth-order valence-electron chi connectivity index (χ4n) is 5.18. The van der Waals surface area contributed by atoms with Crippen LogP contribution in [0.4, 0.5) is 5.82 Å². The Bertz CT molecular complexity index is 1210. The average molecular weight is 543 g/mol. The number of benzene rings is 1. The fourth-order valence-corrected chi connectivity index (χ4v) is 10.4. The summed E-state index contributed by atoms with van der Waals surface area (Å²) in [5, 5.41) is 2.71. The predicted molar refractivity (Wildman–Crippen MR) is 149 cm³/mol. The lowest BCUT2D eigenvalue weighted by molar-refractivity contribution is -0.104. The van der Waals surface area contributed by atoms with Gasteiger partial charge >= 0.3 is 5.69 Å². The van der Waals surface area contributed by atoms with Gasteiger partial charge in [0, 0.05) is 23.1 Å². The molecule has 2 aliphatic heterocycles. The Morgan fingerprint density at radius 3 is 2.78 bits per heavy atom. The van der Waals surface area contributed by atoms with Crippen LogP contribution < -0.4 is 11.0 Å². The lowest BCUT2D eigenvalue weighted by atomic mass is 9.77. The zero-order valence-electron chi connectivity index (χ0n) is 21.6. The molecule has 37 heavy (non-hydrogen) atoms. The van der Waals surface area contributed by atoms with Gasteiger partial charge in [0.05, 0.1) is 18.8 Å². The highest BCUT2D eigenvalue weighted by atomic mass is 32.7. The van der Waals surface area contributed by atoms with Crippen LogP contribution in [0.5, 0.6) is 0 Å². The molecule has 1 N–H and O–H groups in total. The summed E-state index contributed by atoms with van der Waals surface area (Å²) < 4.78 is 17.0. The van der Waals surface area contributed by atoms with Crippen LogP contribution in [0.15, 0.2) is 59.5 Å². The summed E-state index contributed by atoms with van der Waals surface area (Å²) in [4.78, 5) is 29.6. The molecule has 6 atom stereocenters. The minimum Gasteiger partial charge on any atom is -0.352 e. The summed E-state index contributed by atoms with van der Waals surface area (Å²) in [6.07, 6.45) is 5.57. The number of carbonyl (C=O) groups is 1. The number of anilines is 1. The molecule has 0 spiro atoms. The van der Waals surface area contributed by atoms with Crippen LogP contribution in [-0.4, -0.2) is 50.2 Å². The number of morpholine rings is 1. The Kier molecular flexibility index (Phi) is 7.89. The molecule has 2 aromatic rings. The Morgan fingerprint density at radius 1 is 1.30 bits per heavy atom. The van der Waals surface area contributed by atoms with Crippen molar-refractivity contribution in [2.24, 2.45) is 5.92 Å². The van der Waals surface area contributed by atoms with Gasteiger partial charge in [-0.2, -0.15) is 4.98 Å². The van der Waals surface area contributed by atoms with Crippen LogP contribution >= 0.6 is 18.9 Å². The minimum atomic E-state index is -0.856. The normalized spacial score (nSPS) is 32.0. The molecule has 0 bridgehead atoms. The molecule has 3 heterocycles. The summed E-state index contributed by atoms with van der Waals surface area (Å²) in [6.45, 7) is 12.1. The number of fused-ring (bicyclic) bond motifs is 1. The molecule has 5 rings (SSSR count). The van der Waals surface area contributed by atoms with Crippen molar-refractivity contribution in [3.05, 3.63) is 70.8 Å². The van der Waals surface area contributed by atoms with Crippen molar-refractivity contribution in [3.8, 4) is 0 Å². The fraction of sp³-hybridized carbons (Fsp3) is 0.519. The molecule has 10 heteroatoms. The molecule has 3 aliphatic rings. The largest absolute Gasteiger partial charge is 0.352 e. The number of nitrogens with one attached hydrogen (secondary N) is 1. The quantitative estimate of drug-likeness (QED) is 0.376. The summed E-state index contributed by atoms with van der Waals surface area (Å²) in [5.74, 6) is 0.441. The number of amides is 1. The number of hydrogen-bond acceptors (Lipinski definition) is 7. The van der Waals surface area contributed by atoms with E-state index in [2.05, 4.69) is 42.3 Å². The first-order chi connectivity index (χ1) is 17.8. The van der Waals surface area contributed by atoms with Gasteiger partial charge in [-0.15, -0.1) is 0 Å². The van der Waals surface area contributed by atoms with E-state index < -0.39 is 19.4 Å². The van der Waals surface area contributed by atoms with Crippen LogP contribution in [0.1, 0.15) is 63.0 Å².